The van der Waals surface area contributed by atoms with Crippen molar-refractivity contribution in [3.63, 3.8) is 0 Å². The number of rotatable bonds is 3. The predicted molar refractivity (Wildman–Crippen MR) is 85.6 cm³/mol. The Morgan fingerprint density at radius 3 is 2.57 bits per heavy atom. The van der Waals surface area contributed by atoms with E-state index in [1.807, 2.05) is 6.07 Å². The van der Waals surface area contributed by atoms with Crippen molar-refractivity contribution in [2.75, 3.05) is 13.2 Å². The molecule has 4 rings (SSSR count). The third-order valence-corrected chi connectivity index (χ3v) is 6.19. The Labute approximate surface area is 134 Å². The molecule has 0 radical (unpaired) electrons. The van der Waals surface area contributed by atoms with Crippen molar-refractivity contribution in [1.82, 2.24) is 0 Å². The number of hydrogen-bond donors (Lipinski definition) is 1. The van der Waals surface area contributed by atoms with Crippen molar-refractivity contribution in [3.8, 4) is 11.5 Å². The molecule has 0 amide bonds. The Balaban J connectivity index is 1.52. The highest BCUT2D eigenvalue weighted by Crippen LogP contribution is 2.51. The fraction of sp³-hybridized carbons (Fsp3) is 0.647. The van der Waals surface area contributed by atoms with E-state index in [0.29, 0.717) is 13.2 Å². The maximum absolute atomic E-state index is 6.51. The molecule has 3 aliphatic rings. The largest absolute Gasteiger partial charge is 0.486 e. The molecule has 2 aliphatic carbocycles. The highest BCUT2D eigenvalue weighted by Gasteiger charge is 2.40. The zero-order valence-corrected chi connectivity index (χ0v) is 13.8. The van der Waals surface area contributed by atoms with Crippen LogP contribution in [0.4, 0.5) is 0 Å². The minimum Gasteiger partial charge on any atom is -0.486 e. The molecule has 2 saturated carbocycles. The molecule has 1 aliphatic heterocycles. The maximum Gasteiger partial charge on any atom is 0.162 e. The Morgan fingerprint density at radius 2 is 1.90 bits per heavy atom. The van der Waals surface area contributed by atoms with Crippen molar-refractivity contribution in [1.29, 1.82) is 0 Å². The molecular weight excluding hydrogens is 330 g/mol. The van der Waals surface area contributed by atoms with Crippen LogP contribution < -0.4 is 15.2 Å². The Hall–Kier alpha value is -0.740. The summed E-state index contributed by atoms with van der Waals surface area (Å²) in [5.41, 5.74) is 7.67. The second-order valence-electron chi connectivity index (χ2n) is 6.79. The second-order valence-corrected chi connectivity index (χ2v) is 7.65. The van der Waals surface area contributed by atoms with Crippen LogP contribution in [0.5, 0.6) is 11.5 Å². The molecule has 2 fully saturated rings. The summed E-state index contributed by atoms with van der Waals surface area (Å²) in [4.78, 5) is 0. The van der Waals surface area contributed by atoms with Gasteiger partial charge in [-0.1, -0.05) is 22.4 Å². The Morgan fingerprint density at radius 1 is 1.14 bits per heavy atom. The Kier molecular flexibility index (Phi) is 3.62. The number of nitrogens with two attached hydrogens (primary N) is 1. The lowest BCUT2D eigenvalue weighted by molar-refractivity contribution is 0.171. The highest BCUT2D eigenvalue weighted by molar-refractivity contribution is 9.10. The van der Waals surface area contributed by atoms with E-state index in [2.05, 4.69) is 22.0 Å². The lowest BCUT2D eigenvalue weighted by Gasteiger charge is -2.26. The highest BCUT2D eigenvalue weighted by atomic mass is 79.9. The molecule has 4 heteroatoms. The second kappa shape index (κ2) is 5.47. The van der Waals surface area contributed by atoms with Crippen LogP contribution in [-0.2, 0) is 0 Å². The van der Waals surface area contributed by atoms with E-state index in [0.717, 1.165) is 45.7 Å². The van der Waals surface area contributed by atoms with Crippen LogP contribution in [0.25, 0.3) is 0 Å². The molecule has 2 N–H and O–H groups in total. The molecule has 21 heavy (non-hydrogen) atoms. The van der Waals surface area contributed by atoms with E-state index in [-0.39, 0.29) is 6.04 Å². The fourth-order valence-electron chi connectivity index (χ4n) is 4.48. The van der Waals surface area contributed by atoms with Crippen molar-refractivity contribution < 1.29 is 9.47 Å². The van der Waals surface area contributed by atoms with Crippen molar-refractivity contribution in [2.45, 2.75) is 38.1 Å². The third kappa shape index (κ3) is 2.57. The summed E-state index contributed by atoms with van der Waals surface area (Å²) in [6.45, 7) is 1.24. The first-order valence-electron chi connectivity index (χ1n) is 8.05. The Bertz CT molecular complexity index is 548. The number of hydrogen-bond acceptors (Lipinski definition) is 3. The number of benzene rings is 1. The van der Waals surface area contributed by atoms with Gasteiger partial charge in [-0.2, -0.15) is 0 Å². The van der Waals surface area contributed by atoms with Gasteiger partial charge in [-0.15, -0.1) is 0 Å². The molecule has 1 aromatic carbocycles. The first-order chi connectivity index (χ1) is 10.2. The molecule has 0 spiro atoms. The minimum absolute atomic E-state index is 0.0829. The van der Waals surface area contributed by atoms with Crippen molar-refractivity contribution in [2.24, 2.45) is 23.5 Å². The van der Waals surface area contributed by atoms with Gasteiger partial charge in [-0.25, -0.2) is 0 Å². The van der Waals surface area contributed by atoms with Crippen LogP contribution in [0.2, 0.25) is 0 Å². The summed E-state index contributed by atoms with van der Waals surface area (Å²) in [5.74, 6) is 4.39. The van der Waals surface area contributed by atoms with Crippen LogP contribution >= 0.6 is 15.9 Å². The van der Waals surface area contributed by atoms with E-state index in [9.17, 15) is 0 Å². The molecule has 1 aromatic rings. The van der Waals surface area contributed by atoms with Crippen LogP contribution in [0.1, 0.15) is 43.7 Å². The van der Waals surface area contributed by atoms with E-state index >= 15 is 0 Å². The van der Waals surface area contributed by atoms with E-state index in [1.165, 1.54) is 25.7 Å². The summed E-state index contributed by atoms with van der Waals surface area (Å²) in [7, 11) is 0. The first-order valence-corrected chi connectivity index (χ1v) is 8.84. The lowest BCUT2D eigenvalue weighted by atomic mass is 9.83. The zero-order chi connectivity index (χ0) is 14.4. The third-order valence-electron chi connectivity index (χ3n) is 5.50. The quantitative estimate of drug-likeness (QED) is 0.893. The van der Waals surface area contributed by atoms with Crippen LogP contribution in [0, 0.1) is 17.8 Å². The molecule has 3 nitrogen and oxygen atoms in total. The summed E-state index contributed by atoms with van der Waals surface area (Å²) < 4.78 is 12.3. The summed E-state index contributed by atoms with van der Waals surface area (Å²) in [6, 6.07) is 4.15. The summed E-state index contributed by atoms with van der Waals surface area (Å²) in [6.07, 6.45) is 6.80. The summed E-state index contributed by atoms with van der Waals surface area (Å²) >= 11 is 3.65. The van der Waals surface area contributed by atoms with Gasteiger partial charge in [-0.05, 0) is 61.1 Å². The topological polar surface area (TPSA) is 44.5 Å². The molecule has 2 bridgehead atoms. The SMILES string of the molecule is NC(CC1CC2CCC1C2)c1cc2c(cc1Br)OCCO2. The van der Waals surface area contributed by atoms with E-state index in [1.54, 1.807) is 0 Å². The predicted octanol–water partition coefficient (Wildman–Crippen LogP) is 4.05. The van der Waals surface area contributed by atoms with Crippen molar-refractivity contribution in [3.05, 3.63) is 22.2 Å². The fourth-order valence-corrected chi connectivity index (χ4v) is 5.10. The van der Waals surface area contributed by atoms with Crippen LogP contribution in [0.15, 0.2) is 16.6 Å². The molecule has 0 saturated heterocycles. The van der Waals surface area contributed by atoms with Gasteiger partial charge in [0.2, 0.25) is 0 Å². The molecule has 1 heterocycles. The maximum atomic E-state index is 6.51. The normalized spacial score (nSPS) is 31.4. The first kappa shape index (κ1) is 13.9. The zero-order valence-electron chi connectivity index (χ0n) is 12.2. The smallest absolute Gasteiger partial charge is 0.162 e. The average Bonchev–Trinajstić information content (AvgIpc) is 3.09. The number of ether oxygens (including phenoxy) is 2. The lowest BCUT2D eigenvalue weighted by Crippen LogP contribution is -2.21. The van der Waals surface area contributed by atoms with Crippen LogP contribution in [-0.4, -0.2) is 13.2 Å². The van der Waals surface area contributed by atoms with E-state index in [4.69, 9.17) is 15.2 Å². The van der Waals surface area contributed by atoms with Gasteiger partial charge in [0.15, 0.2) is 11.5 Å². The van der Waals surface area contributed by atoms with Gasteiger partial charge in [-0.3, -0.25) is 0 Å². The molecule has 4 unspecified atom stereocenters. The van der Waals surface area contributed by atoms with Gasteiger partial charge >= 0.3 is 0 Å². The van der Waals surface area contributed by atoms with Gasteiger partial charge < -0.3 is 15.2 Å². The summed E-state index contributed by atoms with van der Waals surface area (Å²) in [5, 5.41) is 0. The number of halogens is 1. The number of fused-ring (bicyclic) bond motifs is 3. The van der Waals surface area contributed by atoms with Gasteiger partial charge in [0.05, 0.1) is 0 Å². The van der Waals surface area contributed by atoms with Crippen LogP contribution in [0.3, 0.4) is 0 Å². The van der Waals surface area contributed by atoms with Gasteiger partial charge in [0, 0.05) is 10.5 Å². The standard InChI is InChI=1S/C17H22BrNO2/c18-14-9-17-16(20-3-4-21-17)8-13(14)15(19)7-12-6-10-1-2-11(12)5-10/h8-12,15H,1-7,19H2. The van der Waals surface area contributed by atoms with Gasteiger partial charge in [0.25, 0.3) is 0 Å². The van der Waals surface area contributed by atoms with E-state index < -0.39 is 0 Å². The monoisotopic (exact) mass is 351 g/mol. The molecule has 4 atom stereocenters. The van der Waals surface area contributed by atoms with Gasteiger partial charge in [0.1, 0.15) is 13.2 Å². The molecular formula is C17H22BrNO2. The molecule has 114 valence electrons. The van der Waals surface area contributed by atoms with Crippen molar-refractivity contribution >= 4 is 15.9 Å². The minimum atomic E-state index is 0.0829. The molecule has 0 aromatic heterocycles. The average molecular weight is 352 g/mol.